The van der Waals surface area contributed by atoms with E-state index in [4.69, 9.17) is 4.98 Å². The number of rotatable bonds is 5. The molecule has 0 radical (unpaired) electrons. The number of nitrogens with zero attached hydrogens (tertiary/aromatic N) is 3. The van der Waals surface area contributed by atoms with Crippen molar-refractivity contribution >= 4 is 49.3 Å². The molecule has 10 rings (SSSR count). The molecule has 9 aromatic rings. The minimum atomic E-state index is 0.953. The normalized spacial score (nSPS) is 13.1. The number of aromatic nitrogens is 3. The minimum absolute atomic E-state index is 0.953. The van der Waals surface area contributed by atoms with Gasteiger partial charge in [-0.25, -0.2) is 4.98 Å². The molecule has 0 fully saturated rings. The van der Waals surface area contributed by atoms with Crippen LogP contribution < -0.4 is 0 Å². The summed E-state index contributed by atoms with van der Waals surface area (Å²) in [6.07, 6.45) is 8.82. The van der Waals surface area contributed by atoms with Gasteiger partial charge >= 0.3 is 0 Å². The lowest BCUT2D eigenvalue weighted by Crippen LogP contribution is -1.98. The maximum absolute atomic E-state index is 5.18. The van der Waals surface area contributed by atoms with Gasteiger partial charge in [-0.2, -0.15) is 0 Å². The molecule has 6 aromatic carbocycles. The lowest BCUT2D eigenvalue weighted by Gasteiger charge is -2.14. The molecule has 0 N–H and O–H groups in total. The molecular weight excluding hydrogens is 607 g/mol. The van der Waals surface area contributed by atoms with E-state index in [9.17, 15) is 0 Å². The van der Waals surface area contributed by atoms with Gasteiger partial charge in [-0.15, -0.1) is 0 Å². The van der Waals surface area contributed by atoms with Crippen molar-refractivity contribution in [2.45, 2.75) is 12.8 Å². The van der Waals surface area contributed by atoms with Crippen LogP contribution in [0, 0.1) is 0 Å². The molecule has 0 saturated heterocycles. The van der Waals surface area contributed by atoms with Gasteiger partial charge in [0.2, 0.25) is 0 Å². The quantitative estimate of drug-likeness (QED) is 0.184. The van der Waals surface area contributed by atoms with Crippen LogP contribution in [0.4, 0.5) is 0 Å². The van der Waals surface area contributed by atoms with Crippen molar-refractivity contribution < 1.29 is 0 Å². The molecule has 0 aliphatic heterocycles. The van der Waals surface area contributed by atoms with E-state index in [1.54, 1.807) is 0 Å². The molecule has 3 heteroatoms. The second-order valence-corrected chi connectivity index (χ2v) is 13.1. The summed E-state index contributed by atoms with van der Waals surface area (Å²) in [5.74, 6) is 0. The van der Waals surface area contributed by atoms with Crippen LogP contribution in [0.1, 0.15) is 12.8 Å². The van der Waals surface area contributed by atoms with Crippen molar-refractivity contribution in [1.82, 2.24) is 14.1 Å². The molecule has 236 valence electrons. The maximum atomic E-state index is 5.18. The summed E-state index contributed by atoms with van der Waals surface area (Å²) >= 11 is 0. The Labute approximate surface area is 290 Å². The Morgan fingerprint density at radius 1 is 0.420 bits per heavy atom. The number of pyridine rings is 1. The van der Waals surface area contributed by atoms with Crippen LogP contribution >= 0.6 is 0 Å². The highest BCUT2D eigenvalue weighted by atomic mass is 15.0. The van der Waals surface area contributed by atoms with Gasteiger partial charge in [-0.3, -0.25) is 0 Å². The average molecular weight is 640 g/mol. The second kappa shape index (κ2) is 11.6. The van der Waals surface area contributed by atoms with Crippen LogP contribution in [-0.4, -0.2) is 14.1 Å². The fraction of sp³-hybridized carbons (Fsp3) is 0.0426. The van der Waals surface area contributed by atoms with Crippen LogP contribution in [0.25, 0.3) is 88.6 Å². The molecule has 0 amide bonds. The van der Waals surface area contributed by atoms with E-state index >= 15 is 0 Å². The molecule has 0 atom stereocenters. The predicted octanol–water partition coefficient (Wildman–Crippen LogP) is 12.5. The molecule has 0 bridgehead atoms. The van der Waals surface area contributed by atoms with Gasteiger partial charge in [0.15, 0.2) is 0 Å². The van der Waals surface area contributed by atoms with Crippen LogP contribution in [0.3, 0.4) is 0 Å². The fourth-order valence-corrected chi connectivity index (χ4v) is 7.83. The number of para-hydroxylation sites is 2. The summed E-state index contributed by atoms with van der Waals surface area (Å²) in [5, 5.41) is 5.04. The van der Waals surface area contributed by atoms with Crippen LogP contribution in [0.2, 0.25) is 0 Å². The van der Waals surface area contributed by atoms with E-state index in [0.29, 0.717) is 0 Å². The molecule has 3 heterocycles. The van der Waals surface area contributed by atoms with Crippen molar-refractivity contribution in [3.63, 3.8) is 0 Å². The van der Waals surface area contributed by atoms with Crippen molar-refractivity contribution in [3.8, 4) is 39.3 Å². The monoisotopic (exact) mass is 639 g/mol. The zero-order valence-corrected chi connectivity index (χ0v) is 27.5. The zero-order chi connectivity index (χ0) is 33.0. The number of fused-ring (bicyclic) bond motifs is 6. The summed E-state index contributed by atoms with van der Waals surface area (Å²) in [5.41, 5.74) is 13.8. The number of hydrogen-bond acceptors (Lipinski definition) is 1. The topological polar surface area (TPSA) is 22.8 Å². The Kier molecular flexibility index (Phi) is 6.63. The Hall–Kier alpha value is -6.45. The summed E-state index contributed by atoms with van der Waals surface area (Å²) in [6, 6.07) is 56.9. The van der Waals surface area contributed by atoms with E-state index in [-0.39, 0.29) is 0 Å². The van der Waals surface area contributed by atoms with E-state index in [0.717, 1.165) is 41.0 Å². The molecule has 1 aliphatic carbocycles. The summed E-state index contributed by atoms with van der Waals surface area (Å²) in [4.78, 5) is 5.18. The standard InChI is InChI=1S/C47H33N3/c1-4-14-32(15-5-1)42-30-37(31-43(48-42)33-16-6-2-7-17-33)50-44-22-12-10-20-38(44)40-26-24-35(29-47(40)50)34-25-27-46-41(28-34)39-21-11-13-23-45(39)49(46)36-18-8-3-9-19-36/h1-8,10-18,20-31H,9,19H2. The smallest absolute Gasteiger partial charge is 0.0730 e. The van der Waals surface area contributed by atoms with Gasteiger partial charge in [-0.05, 0) is 72.5 Å². The second-order valence-electron chi connectivity index (χ2n) is 13.1. The van der Waals surface area contributed by atoms with Gasteiger partial charge in [0.1, 0.15) is 0 Å². The highest BCUT2D eigenvalue weighted by Gasteiger charge is 2.18. The summed E-state index contributed by atoms with van der Waals surface area (Å²) in [7, 11) is 0. The molecule has 0 saturated carbocycles. The van der Waals surface area contributed by atoms with Gasteiger partial charge in [0.05, 0.1) is 39.1 Å². The average Bonchev–Trinajstić information content (AvgIpc) is 3.71. The summed E-state index contributed by atoms with van der Waals surface area (Å²) < 4.78 is 4.87. The van der Waals surface area contributed by atoms with Crippen LogP contribution in [0.15, 0.2) is 176 Å². The highest BCUT2D eigenvalue weighted by molar-refractivity contribution is 6.13. The van der Waals surface area contributed by atoms with Gasteiger partial charge in [0.25, 0.3) is 0 Å². The molecule has 3 aromatic heterocycles. The van der Waals surface area contributed by atoms with Gasteiger partial charge in [0, 0.05) is 38.4 Å². The third kappa shape index (κ3) is 4.62. The lowest BCUT2D eigenvalue weighted by atomic mass is 10.0. The predicted molar refractivity (Wildman–Crippen MR) is 211 cm³/mol. The highest BCUT2D eigenvalue weighted by Crippen LogP contribution is 2.39. The van der Waals surface area contributed by atoms with E-state index in [1.807, 2.05) is 0 Å². The molecule has 50 heavy (non-hydrogen) atoms. The Morgan fingerprint density at radius 2 is 0.980 bits per heavy atom. The first-order chi connectivity index (χ1) is 24.8. The summed E-state index contributed by atoms with van der Waals surface area (Å²) in [6.45, 7) is 0. The SMILES string of the molecule is C1=CCCC(n2c3ccccc3c3cc(-c4ccc5c6ccccc6n(-c6cc(-c7ccccc7)nc(-c7ccccc7)c6)c5c4)ccc32)=C1. The third-order valence-corrected chi connectivity index (χ3v) is 10.2. The minimum Gasteiger partial charge on any atom is -0.313 e. The van der Waals surface area contributed by atoms with Crippen LogP contribution in [0.5, 0.6) is 0 Å². The maximum Gasteiger partial charge on any atom is 0.0730 e. The molecule has 0 spiro atoms. The lowest BCUT2D eigenvalue weighted by molar-refractivity contribution is 0.979. The Balaban J connectivity index is 1.20. The third-order valence-electron chi connectivity index (χ3n) is 10.2. The first-order valence-electron chi connectivity index (χ1n) is 17.4. The first-order valence-corrected chi connectivity index (χ1v) is 17.4. The van der Waals surface area contributed by atoms with E-state index in [1.165, 1.54) is 60.4 Å². The van der Waals surface area contributed by atoms with E-state index in [2.05, 4.69) is 185 Å². The molecule has 0 unspecified atom stereocenters. The van der Waals surface area contributed by atoms with Crippen molar-refractivity contribution in [2.75, 3.05) is 0 Å². The van der Waals surface area contributed by atoms with Crippen molar-refractivity contribution in [1.29, 1.82) is 0 Å². The number of benzene rings is 6. The molecule has 3 nitrogen and oxygen atoms in total. The fourth-order valence-electron chi connectivity index (χ4n) is 7.83. The zero-order valence-electron chi connectivity index (χ0n) is 27.5. The number of allylic oxidation sites excluding steroid dienone is 4. The van der Waals surface area contributed by atoms with Gasteiger partial charge in [-0.1, -0.05) is 127 Å². The van der Waals surface area contributed by atoms with Crippen molar-refractivity contribution in [3.05, 3.63) is 176 Å². The van der Waals surface area contributed by atoms with Crippen molar-refractivity contribution in [2.24, 2.45) is 0 Å². The van der Waals surface area contributed by atoms with E-state index < -0.39 is 0 Å². The largest absolute Gasteiger partial charge is 0.313 e. The Morgan fingerprint density at radius 3 is 1.66 bits per heavy atom. The Bertz CT molecular complexity index is 2740. The molecular formula is C47H33N3. The van der Waals surface area contributed by atoms with Crippen LogP contribution in [-0.2, 0) is 0 Å². The first kappa shape index (κ1) is 28.6. The molecule has 1 aliphatic rings. The number of hydrogen-bond donors (Lipinski definition) is 0. The van der Waals surface area contributed by atoms with Gasteiger partial charge < -0.3 is 9.13 Å².